The molecule has 1 fully saturated rings. The van der Waals surface area contributed by atoms with Gasteiger partial charge >= 0.3 is 0 Å². The van der Waals surface area contributed by atoms with Crippen LogP contribution in [0.2, 0.25) is 0 Å². The van der Waals surface area contributed by atoms with E-state index < -0.39 is 0 Å². The SMILES string of the molecule is CCc1c(-c2ccccc2)c2c(COCCN3CCCCC3)cc3c(OCc4ccccc4)ccc1n32. The van der Waals surface area contributed by atoms with Crippen molar-refractivity contribution < 1.29 is 9.47 Å². The fraction of sp³-hybridized carbons (Fsp3) is 0.333. The second kappa shape index (κ2) is 11.0. The molecule has 5 aromatic rings. The van der Waals surface area contributed by atoms with Crippen molar-refractivity contribution in [3.8, 4) is 16.9 Å². The predicted octanol–water partition coefficient (Wildman–Crippen LogP) is 7.34. The van der Waals surface area contributed by atoms with Gasteiger partial charge in [0.1, 0.15) is 12.4 Å². The van der Waals surface area contributed by atoms with Crippen molar-refractivity contribution in [3.63, 3.8) is 0 Å². The quantitative estimate of drug-likeness (QED) is 0.191. The summed E-state index contributed by atoms with van der Waals surface area (Å²) in [5.41, 5.74) is 10.0. The van der Waals surface area contributed by atoms with Crippen molar-refractivity contribution >= 4 is 16.6 Å². The van der Waals surface area contributed by atoms with Crippen LogP contribution in [0.1, 0.15) is 42.9 Å². The van der Waals surface area contributed by atoms with Crippen LogP contribution in [0.4, 0.5) is 0 Å². The van der Waals surface area contributed by atoms with Crippen LogP contribution < -0.4 is 4.74 Å². The summed E-state index contributed by atoms with van der Waals surface area (Å²) in [7, 11) is 0. The fourth-order valence-electron chi connectivity index (χ4n) is 5.89. The molecule has 0 aliphatic carbocycles. The van der Waals surface area contributed by atoms with Gasteiger partial charge in [-0.05, 0) is 67.2 Å². The Morgan fingerprint density at radius 1 is 0.784 bits per heavy atom. The zero-order valence-corrected chi connectivity index (χ0v) is 21.8. The molecule has 0 saturated carbocycles. The van der Waals surface area contributed by atoms with E-state index in [2.05, 4.69) is 89.0 Å². The van der Waals surface area contributed by atoms with Crippen LogP contribution in [0.5, 0.6) is 5.75 Å². The number of likely N-dealkylation sites (tertiary alicyclic amines) is 1. The summed E-state index contributed by atoms with van der Waals surface area (Å²) in [4.78, 5) is 2.54. The number of piperidine rings is 1. The first kappa shape index (κ1) is 24.0. The van der Waals surface area contributed by atoms with E-state index in [1.54, 1.807) is 0 Å². The number of rotatable bonds is 10. The molecule has 190 valence electrons. The first-order chi connectivity index (χ1) is 18.3. The van der Waals surface area contributed by atoms with Gasteiger partial charge in [-0.25, -0.2) is 0 Å². The Kier molecular flexibility index (Phi) is 7.11. The number of ether oxygens (including phenoxy) is 2. The van der Waals surface area contributed by atoms with Gasteiger partial charge in [0.25, 0.3) is 0 Å². The zero-order valence-electron chi connectivity index (χ0n) is 21.8. The molecule has 0 unspecified atom stereocenters. The molecule has 37 heavy (non-hydrogen) atoms. The van der Waals surface area contributed by atoms with Gasteiger partial charge in [0.2, 0.25) is 0 Å². The molecule has 4 nitrogen and oxygen atoms in total. The van der Waals surface area contributed by atoms with Crippen LogP contribution in [-0.2, 0) is 24.4 Å². The van der Waals surface area contributed by atoms with Crippen LogP contribution in [0.25, 0.3) is 27.7 Å². The summed E-state index contributed by atoms with van der Waals surface area (Å²) in [6, 6.07) is 27.8. The first-order valence-corrected chi connectivity index (χ1v) is 13.8. The molecule has 3 aromatic heterocycles. The minimum atomic E-state index is 0.553. The van der Waals surface area contributed by atoms with E-state index >= 15 is 0 Å². The number of aromatic nitrogens is 1. The summed E-state index contributed by atoms with van der Waals surface area (Å²) < 4.78 is 15.1. The highest BCUT2D eigenvalue weighted by Gasteiger charge is 2.23. The topological polar surface area (TPSA) is 26.1 Å². The van der Waals surface area contributed by atoms with Crippen LogP contribution in [-0.4, -0.2) is 35.5 Å². The average molecular weight is 493 g/mol. The number of pyridine rings is 1. The molecule has 0 atom stereocenters. The lowest BCUT2D eigenvalue weighted by Crippen LogP contribution is -2.32. The minimum Gasteiger partial charge on any atom is -0.487 e. The molecule has 2 aromatic carbocycles. The number of hydrogen-bond acceptors (Lipinski definition) is 3. The van der Waals surface area contributed by atoms with Gasteiger partial charge in [0.15, 0.2) is 0 Å². The molecule has 4 heteroatoms. The monoisotopic (exact) mass is 492 g/mol. The molecule has 0 N–H and O–H groups in total. The Bertz CT molecular complexity index is 1440. The third-order valence-electron chi connectivity index (χ3n) is 7.72. The molecular weight excluding hydrogens is 456 g/mol. The maximum absolute atomic E-state index is 6.38. The lowest BCUT2D eigenvalue weighted by Gasteiger charge is -2.26. The zero-order chi connectivity index (χ0) is 25.0. The van der Waals surface area contributed by atoms with E-state index in [1.165, 1.54) is 71.2 Å². The van der Waals surface area contributed by atoms with Gasteiger partial charge in [0.05, 0.1) is 29.8 Å². The highest BCUT2D eigenvalue weighted by molar-refractivity contribution is 5.98. The molecule has 1 aliphatic rings. The Hall–Kier alpha value is -3.34. The molecule has 1 aliphatic heterocycles. The van der Waals surface area contributed by atoms with Crippen LogP contribution in [0, 0.1) is 0 Å². The lowest BCUT2D eigenvalue weighted by atomic mass is 9.98. The molecule has 6 rings (SSSR count). The molecule has 1 saturated heterocycles. The summed E-state index contributed by atoms with van der Waals surface area (Å²) in [6.07, 6.45) is 4.97. The van der Waals surface area contributed by atoms with E-state index in [1.807, 2.05) is 6.07 Å². The first-order valence-electron chi connectivity index (χ1n) is 13.8. The Morgan fingerprint density at radius 2 is 1.54 bits per heavy atom. The number of aryl methyl sites for hydroxylation is 1. The third kappa shape index (κ3) is 4.84. The Labute approximate surface area is 219 Å². The normalized spacial score (nSPS) is 14.6. The van der Waals surface area contributed by atoms with Crippen molar-refractivity contribution in [2.45, 2.75) is 45.8 Å². The Balaban J connectivity index is 1.36. The number of hydrogen-bond donors (Lipinski definition) is 0. The summed E-state index contributed by atoms with van der Waals surface area (Å²) in [5.74, 6) is 0.915. The third-order valence-corrected chi connectivity index (χ3v) is 7.72. The van der Waals surface area contributed by atoms with Crippen LogP contribution >= 0.6 is 0 Å². The minimum absolute atomic E-state index is 0.553. The van der Waals surface area contributed by atoms with Gasteiger partial charge in [0, 0.05) is 17.7 Å². The summed E-state index contributed by atoms with van der Waals surface area (Å²) >= 11 is 0. The molecule has 0 amide bonds. The lowest BCUT2D eigenvalue weighted by molar-refractivity contribution is 0.0870. The van der Waals surface area contributed by atoms with E-state index in [9.17, 15) is 0 Å². The standard InChI is InChI=1S/C33H36N2O2/c1-2-28-29-16-17-31(37-23-25-12-6-3-7-13-25)30-22-27(24-36-21-20-34-18-10-5-11-19-34)33(35(29)30)32(28)26-14-8-4-9-15-26/h3-4,6-9,12-17,22H,2,5,10-11,18-21,23-24H2,1H3. The van der Waals surface area contributed by atoms with E-state index in [0.717, 1.165) is 30.8 Å². The van der Waals surface area contributed by atoms with Crippen LogP contribution in [0.3, 0.4) is 0 Å². The second-order valence-electron chi connectivity index (χ2n) is 10.1. The Morgan fingerprint density at radius 3 is 2.30 bits per heavy atom. The molecule has 0 spiro atoms. The molecule has 0 radical (unpaired) electrons. The maximum Gasteiger partial charge on any atom is 0.143 e. The van der Waals surface area contributed by atoms with Crippen molar-refractivity contribution in [1.82, 2.24) is 9.30 Å². The van der Waals surface area contributed by atoms with Crippen molar-refractivity contribution in [2.75, 3.05) is 26.2 Å². The van der Waals surface area contributed by atoms with E-state index in [4.69, 9.17) is 9.47 Å². The fourth-order valence-corrected chi connectivity index (χ4v) is 5.89. The maximum atomic E-state index is 6.38. The van der Waals surface area contributed by atoms with Gasteiger partial charge in [-0.2, -0.15) is 0 Å². The average Bonchev–Trinajstić information content (AvgIpc) is 3.50. The molecule has 4 heterocycles. The van der Waals surface area contributed by atoms with E-state index in [0.29, 0.717) is 13.2 Å². The largest absolute Gasteiger partial charge is 0.487 e. The van der Waals surface area contributed by atoms with Crippen molar-refractivity contribution in [2.24, 2.45) is 0 Å². The van der Waals surface area contributed by atoms with Crippen molar-refractivity contribution in [1.29, 1.82) is 0 Å². The number of benzene rings is 2. The van der Waals surface area contributed by atoms with E-state index in [-0.39, 0.29) is 0 Å². The van der Waals surface area contributed by atoms with Gasteiger partial charge in [-0.3, -0.25) is 0 Å². The van der Waals surface area contributed by atoms with Gasteiger partial charge in [-0.1, -0.05) is 74.0 Å². The highest BCUT2D eigenvalue weighted by Crippen LogP contribution is 2.42. The number of nitrogens with zero attached hydrogens (tertiary/aromatic N) is 2. The van der Waals surface area contributed by atoms with Crippen LogP contribution in [0.15, 0.2) is 78.9 Å². The highest BCUT2D eigenvalue weighted by atomic mass is 16.5. The second-order valence-corrected chi connectivity index (χ2v) is 10.1. The predicted molar refractivity (Wildman–Crippen MR) is 152 cm³/mol. The van der Waals surface area contributed by atoms with Gasteiger partial charge < -0.3 is 18.8 Å². The molecular formula is C33H36N2O2. The van der Waals surface area contributed by atoms with Crippen molar-refractivity contribution in [3.05, 3.63) is 95.6 Å². The summed E-state index contributed by atoms with van der Waals surface area (Å²) in [5, 5.41) is 0. The molecule has 0 bridgehead atoms. The summed E-state index contributed by atoms with van der Waals surface area (Å²) in [6.45, 7) is 7.61. The smallest absolute Gasteiger partial charge is 0.143 e. The van der Waals surface area contributed by atoms with Gasteiger partial charge in [-0.15, -0.1) is 0 Å².